The molecule has 1 saturated carbocycles. The summed E-state index contributed by atoms with van der Waals surface area (Å²) < 4.78 is 10.9. The fourth-order valence-electron chi connectivity index (χ4n) is 4.77. The smallest absolute Gasteiger partial charge is 0.225 e. The fourth-order valence-corrected chi connectivity index (χ4v) is 4.77. The van der Waals surface area contributed by atoms with Gasteiger partial charge in [0.1, 0.15) is 0 Å². The lowest BCUT2D eigenvalue weighted by molar-refractivity contribution is -0.133. The van der Waals surface area contributed by atoms with Gasteiger partial charge in [0, 0.05) is 45.9 Å². The lowest BCUT2D eigenvalue weighted by Crippen LogP contribution is -2.52. The Labute approximate surface area is 151 Å². The maximum Gasteiger partial charge on any atom is 0.225 e. The van der Waals surface area contributed by atoms with Gasteiger partial charge >= 0.3 is 0 Å². The summed E-state index contributed by atoms with van der Waals surface area (Å²) in [7, 11) is 0. The number of nitrogens with one attached hydrogen (secondary N) is 1. The van der Waals surface area contributed by atoms with E-state index in [1.165, 1.54) is 32.1 Å². The van der Waals surface area contributed by atoms with Crippen molar-refractivity contribution >= 4 is 5.91 Å². The Morgan fingerprint density at radius 1 is 0.920 bits per heavy atom. The second-order valence-electron chi connectivity index (χ2n) is 8.31. The molecule has 6 nitrogen and oxygen atoms in total. The zero-order valence-corrected chi connectivity index (χ0v) is 15.6. The molecule has 0 bridgehead atoms. The third-order valence-electron chi connectivity index (χ3n) is 6.51. The second kappa shape index (κ2) is 8.80. The minimum Gasteiger partial charge on any atom is -0.381 e. The number of ether oxygens (including phenoxy) is 2. The number of carbonyl (C=O) groups is 1. The zero-order chi connectivity index (χ0) is 17.6. The first-order chi connectivity index (χ1) is 12.1. The average molecular weight is 354 g/mol. The molecule has 0 unspecified atom stereocenters. The molecule has 0 radical (unpaired) electrons. The molecular weight excluding hydrogens is 318 g/mol. The molecule has 0 spiro atoms. The fraction of sp³-hybridized carbons (Fsp3) is 0.947. The quantitative estimate of drug-likeness (QED) is 0.718. The van der Waals surface area contributed by atoms with Crippen LogP contribution in [-0.4, -0.2) is 70.0 Å². The van der Waals surface area contributed by atoms with Gasteiger partial charge in [-0.2, -0.15) is 0 Å². The molecule has 0 aromatic heterocycles. The van der Waals surface area contributed by atoms with Gasteiger partial charge in [-0.3, -0.25) is 9.69 Å². The van der Waals surface area contributed by atoms with Crippen molar-refractivity contribution in [3.05, 3.63) is 0 Å². The van der Waals surface area contributed by atoms with E-state index in [0.717, 1.165) is 52.2 Å². The maximum absolute atomic E-state index is 12.1. The highest BCUT2D eigenvalue weighted by molar-refractivity contribution is 5.81. The van der Waals surface area contributed by atoms with Crippen molar-refractivity contribution in [1.29, 1.82) is 0 Å². The van der Waals surface area contributed by atoms with Crippen LogP contribution in [0.1, 0.15) is 44.9 Å². The van der Waals surface area contributed by atoms with E-state index >= 15 is 0 Å². The van der Waals surface area contributed by atoms with Crippen LogP contribution in [0.5, 0.6) is 0 Å². The number of carbonyl (C=O) groups excluding carboxylic acids is 1. The van der Waals surface area contributed by atoms with Crippen LogP contribution in [0.4, 0.5) is 0 Å². The van der Waals surface area contributed by atoms with Gasteiger partial charge in [-0.05, 0) is 31.1 Å². The summed E-state index contributed by atoms with van der Waals surface area (Å²) in [6, 6.07) is 0. The van der Waals surface area contributed by atoms with Crippen molar-refractivity contribution < 1.29 is 14.3 Å². The van der Waals surface area contributed by atoms with Crippen molar-refractivity contribution in [2.75, 3.05) is 59.2 Å². The Hall–Kier alpha value is -0.690. The van der Waals surface area contributed by atoms with Gasteiger partial charge in [-0.25, -0.2) is 0 Å². The van der Waals surface area contributed by atoms with Gasteiger partial charge in [0.15, 0.2) is 0 Å². The van der Waals surface area contributed by atoms with Crippen molar-refractivity contribution in [3.63, 3.8) is 0 Å². The molecule has 3 rings (SSSR count). The summed E-state index contributed by atoms with van der Waals surface area (Å²) in [6.07, 6.45) is 8.04. The predicted octanol–water partition coefficient (Wildman–Crippen LogP) is 1.14. The van der Waals surface area contributed by atoms with Gasteiger partial charge in [0.05, 0.1) is 18.6 Å². The molecule has 0 aromatic carbocycles. The van der Waals surface area contributed by atoms with Crippen LogP contribution >= 0.6 is 0 Å². The van der Waals surface area contributed by atoms with Crippen LogP contribution in [-0.2, 0) is 14.3 Å². The molecule has 144 valence electrons. The summed E-state index contributed by atoms with van der Waals surface area (Å²) in [5, 5.41) is 3.66. The average Bonchev–Trinajstić information content (AvgIpc) is 2.64. The maximum atomic E-state index is 12.1. The van der Waals surface area contributed by atoms with Crippen molar-refractivity contribution in [2.24, 2.45) is 16.6 Å². The third-order valence-corrected chi connectivity index (χ3v) is 6.51. The molecule has 2 heterocycles. The SMILES string of the molecule is NC(=O)C1(CNCC2(CN3CCOCC3)CCCCC2)CCOCC1. The molecule has 3 aliphatic rings. The molecule has 6 heteroatoms. The van der Waals surface area contributed by atoms with Gasteiger partial charge in [0.25, 0.3) is 0 Å². The normalized spacial score (nSPS) is 27.0. The number of primary amides is 1. The molecule has 1 aliphatic carbocycles. The van der Waals surface area contributed by atoms with Crippen LogP contribution in [0, 0.1) is 10.8 Å². The van der Waals surface area contributed by atoms with E-state index in [-0.39, 0.29) is 5.91 Å². The minimum absolute atomic E-state index is 0.172. The van der Waals surface area contributed by atoms with E-state index in [4.69, 9.17) is 15.2 Å². The van der Waals surface area contributed by atoms with Gasteiger partial charge < -0.3 is 20.5 Å². The van der Waals surface area contributed by atoms with Crippen molar-refractivity contribution in [1.82, 2.24) is 10.2 Å². The Morgan fingerprint density at radius 3 is 2.20 bits per heavy atom. The van der Waals surface area contributed by atoms with E-state index in [2.05, 4.69) is 10.2 Å². The monoisotopic (exact) mass is 353 g/mol. The third kappa shape index (κ3) is 4.94. The first-order valence-electron chi connectivity index (χ1n) is 10.0. The van der Waals surface area contributed by atoms with Crippen LogP contribution in [0.2, 0.25) is 0 Å². The lowest BCUT2D eigenvalue weighted by Gasteiger charge is -2.43. The molecule has 0 aromatic rings. The van der Waals surface area contributed by atoms with Gasteiger partial charge in [-0.1, -0.05) is 19.3 Å². The summed E-state index contributed by atoms with van der Waals surface area (Å²) in [6.45, 7) is 7.91. The van der Waals surface area contributed by atoms with Crippen LogP contribution in [0.3, 0.4) is 0 Å². The van der Waals surface area contributed by atoms with Crippen molar-refractivity contribution in [2.45, 2.75) is 44.9 Å². The molecule has 3 fully saturated rings. The Kier molecular flexibility index (Phi) is 6.72. The Balaban J connectivity index is 1.57. The predicted molar refractivity (Wildman–Crippen MR) is 97.3 cm³/mol. The Bertz CT molecular complexity index is 426. The van der Waals surface area contributed by atoms with E-state index in [0.29, 0.717) is 25.2 Å². The van der Waals surface area contributed by atoms with Crippen molar-refractivity contribution in [3.8, 4) is 0 Å². The van der Waals surface area contributed by atoms with Crippen LogP contribution < -0.4 is 11.1 Å². The number of nitrogens with zero attached hydrogens (tertiary/aromatic N) is 1. The van der Waals surface area contributed by atoms with Gasteiger partial charge in [0.2, 0.25) is 5.91 Å². The van der Waals surface area contributed by atoms with E-state index < -0.39 is 5.41 Å². The number of amides is 1. The van der Waals surface area contributed by atoms with Crippen LogP contribution in [0.15, 0.2) is 0 Å². The number of hydrogen-bond donors (Lipinski definition) is 2. The largest absolute Gasteiger partial charge is 0.381 e. The highest BCUT2D eigenvalue weighted by atomic mass is 16.5. The number of hydrogen-bond acceptors (Lipinski definition) is 5. The minimum atomic E-state index is -0.424. The number of rotatable bonds is 7. The summed E-state index contributed by atoms with van der Waals surface area (Å²) in [5.41, 5.74) is 5.66. The molecule has 2 aliphatic heterocycles. The second-order valence-corrected chi connectivity index (χ2v) is 8.31. The molecule has 25 heavy (non-hydrogen) atoms. The van der Waals surface area contributed by atoms with E-state index in [9.17, 15) is 4.79 Å². The first kappa shape index (κ1) is 19.1. The summed E-state index contributed by atoms with van der Waals surface area (Å²) in [5.74, 6) is -0.172. The number of morpholine rings is 1. The molecular formula is C19H35N3O3. The number of nitrogens with two attached hydrogens (primary N) is 1. The highest BCUT2D eigenvalue weighted by Crippen LogP contribution is 2.37. The molecule has 2 saturated heterocycles. The standard InChI is InChI=1S/C19H35N3O3/c20-17(23)19(6-10-24-11-7-19)15-21-14-18(4-2-1-3-5-18)16-22-8-12-25-13-9-22/h21H,1-16H2,(H2,20,23). The Morgan fingerprint density at radius 2 is 1.56 bits per heavy atom. The summed E-state index contributed by atoms with van der Waals surface area (Å²) in [4.78, 5) is 14.6. The lowest BCUT2D eigenvalue weighted by atomic mass is 9.73. The van der Waals surface area contributed by atoms with Crippen LogP contribution in [0.25, 0.3) is 0 Å². The molecule has 0 atom stereocenters. The molecule has 3 N–H and O–H groups in total. The summed E-state index contributed by atoms with van der Waals surface area (Å²) >= 11 is 0. The van der Waals surface area contributed by atoms with Gasteiger partial charge in [-0.15, -0.1) is 0 Å². The highest BCUT2D eigenvalue weighted by Gasteiger charge is 2.40. The molecule has 1 amide bonds. The first-order valence-corrected chi connectivity index (χ1v) is 10.0. The van der Waals surface area contributed by atoms with E-state index in [1.807, 2.05) is 0 Å². The van der Waals surface area contributed by atoms with E-state index in [1.54, 1.807) is 0 Å². The topological polar surface area (TPSA) is 76.8 Å². The zero-order valence-electron chi connectivity index (χ0n) is 15.6.